The number of hydrogen-bond donors (Lipinski definition) is 0. The van der Waals surface area contributed by atoms with E-state index in [0.29, 0.717) is 21.3 Å². The number of amides is 1. The van der Waals surface area contributed by atoms with E-state index in [4.69, 9.17) is 10.00 Å². The van der Waals surface area contributed by atoms with E-state index in [2.05, 4.69) is 43.0 Å². The zero-order valence-electron chi connectivity index (χ0n) is 12.9. The van der Waals surface area contributed by atoms with Crippen LogP contribution in [0.25, 0.3) is 0 Å². The van der Waals surface area contributed by atoms with Crippen LogP contribution in [0.2, 0.25) is 0 Å². The van der Waals surface area contributed by atoms with Gasteiger partial charge in [-0.05, 0) is 66.0 Å². The molecule has 2 heterocycles. The van der Waals surface area contributed by atoms with Gasteiger partial charge in [0.15, 0.2) is 0 Å². The van der Waals surface area contributed by atoms with Gasteiger partial charge in [0.1, 0.15) is 26.4 Å². The first-order chi connectivity index (χ1) is 10.1. The van der Waals surface area contributed by atoms with Crippen LogP contribution in [-0.2, 0) is 4.74 Å². The predicted octanol–water partition coefficient (Wildman–Crippen LogP) is 3.85. The number of rotatable bonds is 1. The molecule has 0 aromatic carbocycles. The maximum Gasteiger partial charge on any atom is 0.410 e. The summed E-state index contributed by atoms with van der Waals surface area (Å²) in [6.45, 7) is 8.05. The molecule has 2 atom stereocenters. The molecular formula is C14H18Br2N4O2. The van der Waals surface area contributed by atoms with E-state index in [9.17, 15) is 4.79 Å². The third-order valence-corrected chi connectivity index (χ3v) is 4.76. The van der Waals surface area contributed by atoms with Crippen LogP contribution < -0.4 is 0 Å². The summed E-state index contributed by atoms with van der Waals surface area (Å²) >= 11 is 6.70. The average molecular weight is 434 g/mol. The van der Waals surface area contributed by atoms with E-state index >= 15 is 0 Å². The van der Waals surface area contributed by atoms with Crippen LogP contribution in [0.1, 0.15) is 45.7 Å². The molecule has 1 aromatic rings. The molecule has 1 aliphatic rings. The van der Waals surface area contributed by atoms with E-state index in [0.717, 1.165) is 6.42 Å². The Morgan fingerprint density at radius 3 is 2.59 bits per heavy atom. The Hall–Kier alpha value is -1.07. The van der Waals surface area contributed by atoms with Crippen molar-refractivity contribution in [1.29, 1.82) is 5.26 Å². The van der Waals surface area contributed by atoms with E-state index in [-0.39, 0.29) is 18.2 Å². The van der Waals surface area contributed by atoms with Gasteiger partial charge in [-0.3, -0.25) is 4.68 Å². The third-order valence-electron chi connectivity index (χ3n) is 3.45. The Kier molecular flexibility index (Phi) is 4.87. The highest BCUT2D eigenvalue weighted by Gasteiger charge is 2.37. The smallest absolute Gasteiger partial charge is 0.410 e. The molecule has 120 valence electrons. The van der Waals surface area contributed by atoms with Gasteiger partial charge in [0.05, 0.1) is 6.04 Å². The van der Waals surface area contributed by atoms with E-state index in [1.165, 1.54) is 0 Å². The standard InChI is InChI=1S/C14H18Br2N4O2/c1-8-5-9(7-19(8)13(21)22-14(2,3)4)20-12(16)10(6-17)11(15)18-20/h8-9H,5,7H2,1-4H3. The van der Waals surface area contributed by atoms with Gasteiger partial charge in [-0.25, -0.2) is 4.79 Å². The third kappa shape index (κ3) is 3.46. The lowest BCUT2D eigenvalue weighted by molar-refractivity contribution is 0.0234. The Labute approximate surface area is 146 Å². The first-order valence-corrected chi connectivity index (χ1v) is 8.56. The van der Waals surface area contributed by atoms with Crippen molar-refractivity contribution in [2.24, 2.45) is 0 Å². The quantitative estimate of drug-likeness (QED) is 0.674. The Morgan fingerprint density at radius 1 is 1.45 bits per heavy atom. The fourth-order valence-electron chi connectivity index (χ4n) is 2.48. The summed E-state index contributed by atoms with van der Waals surface area (Å²) in [6.07, 6.45) is 0.446. The van der Waals surface area contributed by atoms with Crippen LogP contribution in [0, 0.1) is 11.3 Å². The number of halogens is 2. The van der Waals surface area contributed by atoms with Crippen molar-refractivity contribution in [2.75, 3.05) is 6.54 Å². The largest absolute Gasteiger partial charge is 0.444 e. The molecule has 0 bridgehead atoms. The van der Waals surface area contributed by atoms with Gasteiger partial charge >= 0.3 is 6.09 Å². The van der Waals surface area contributed by atoms with Gasteiger partial charge in [-0.15, -0.1) is 0 Å². The van der Waals surface area contributed by atoms with Gasteiger partial charge in [0.25, 0.3) is 0 Å². The lowest BCUT2D eigenvalue weighted by Crippen LogP contribution is -2.38. The second-order valence-electron chi connectivity index (χ2n) is 6.38. The van der Waals surface area contributed by atoms with Crippen LogP contribution in [-0.4, -0.2) is 39.0 Å². The molecule has 0 spiro atoms. The number of likely N-dealkylation sites (tertiary alicyclic amines) is 1. The predicted molar refractivity (Wildman–Crippen MR) is 88.4 cm³/mol. The molecule has 1 aromatic heterocycles. The van der Waals surface area contributed by atoms with Gasteiger partial charge in [0.2, 0.25) is 0 Å². The number of hydrogen-bond acceptors (Lipinski definition) is 4. The average Bonchev–Trinajstić information content (AvgIpc) is 2.88. The second-order valence-corrected chi connectivity index (χ2v) is 7.89. The highest BCUT2D eigenvalue weighted by Crippen LogP contribution is 2.33. The SMILES string of the molecule is CC1CC(n2nc(Br)c(C#N)c2Br)CN1C(=O)OC(C)(C)C. The zero-order valence-corrected chi connectivity index (χ0v) is 16.1. The first kappa shape index (κ1) is 17.3. The molecule has 1 aliphatic heterocycles. The summed E-state index contributed by atoms with van der Waals surface area (Å²) in [4.78, 5) is 14.0. The first-order valence-electron chi connectivity index (χ1n) is 6.97. The monoisotopic (exact) mass is 432 g/mol. The number of carbonyl (C=O) groups is 1. The lowest BCUT2D eigenvalue weighted by Gasteiger charge is -2.26. The Bertz CT molecular complexity index is 630. The van der Waals surface area contributed by atoms with Gasteiger partial charge in [-0.1, -0.05) is 0 Å². The van der Waals surface area contributed by atoms with Gasteiger partial charge in [-0.2, -0.15) is 10.4 Å². The molecule has 0 saturated carbocycles. The van der Waals surface area contributed by atoms with Gasteiger partial charge in [0, 0.05) is 12.6 Å². The minimum atomic E-state index is -0.516. The van der Waals surface area contributed by atoms with E-state index in [1.807, 2.05) is 27.7 Å². The summed E-state index contributed by atoms with van der Waals surface area (Å²) in [5.41, 5.74) is -0.0542. The Morgan fingerprint density at radius 2 is 2.09 bits per heavy atom. The Balaban J connectivity index is 2.18. The molecular weight excluding hydrogens is 416 g/mol. The summed E-state index contributed by atoms with van der Waals surface area (Å²) in [5.74, 6) is 0. The fraction of sp³-hybridized carbons (Fsp3) is 0.643. The number of carbonyl (C=O) groups excluding carboxylic acids is 1. The van der Waals surface area contributed by atoms with Crippen molar-refractivity contribution in [3.8, 4) is 6.07 Å². The molecule has 8 heteroatoms. The van der Waals surface area contributed by atoms with Crippen LogP contribution in [0.3, 0.4) is 0 Å². The van der Waals surface area contributed by atoms with Crippen molar-refractivity contribution < 1.29 is 9.53 Å². The van der Waals surface area contributed by atoms with Crippen molar-refractivity contribution in [1.82, 2.24) is 14.7 Å². The molecule has 1 fully saturated rings. The minimum absolute atomic E-state index is 0.00953. The number of nitriles is 1. The number of ether oxygens (including phenoxy) is 1. The molecule has 22 heavy (non-hydrogen) atoms. The molecule has 2 rings (SSSR count). The molecule has 1 amide bonds. The lowest BCUT2D eigenvalue weighted by atomic mass is 10.2. The zero-order chi connectivity index (χ0) is 16.7. The van der Waals surface area contributed by atoms with E-state index in [1.54, 1.807) is 9.58 Å². The molecule has 0 aliphatic carbocycles. The normalized spacial score (nSPS) is 21.8. The molecule has 0 radical (unpaired) electrons. The maximum absolute atomic E-state index is 12.3. The molecule has 6 nitrogen and oxygen atoms in total. The highest BCUT2D eigenvalue weighted by molar-refractivity contribution is 9.11. The van der Waals surface area contributed by atoms with Crippen molar-refractivity contribution in [3.05, 3.63) is 14.8 Å². The summed E-state index contributed by atoms with van der Waals surface area (Å²) in [5, 5.41) is 13.5. The fourth-order valence-corrected chi connectivity index (χ4v) is 3.84. The van der Waals surface area contributed by atoms with Gasteiger partial charge < -0.3 is 9.64 Å². The summed E-state index contributed by atoms with van der Waals surface area (Å²) in [7, 11) is 0. The summed E-state index contributed by atoms with van der Waals surface area (Å²) < 4.78 is 8.33. The maximum atomic E-state index is 12.3. The number of nitrogens with zero attached hydrogens (tertiary/aromatic N) is 4. The second kappa shape index (κ2) is 6.20. The van der Waals surface area contributed by atoms with Crippen LogP contribution in [0.4, 0.5) is 4.79 Å². The van der Waals surface area contributed by atoms with Crippen LogP contribution in [0.5, 0.6) is 0 Å². The molecule has 2 unspecified atom stereocenters. The molecule has 1 saturated heterocycles. The number of aromatic nitrogens is 2. The minimum Gasteiger partial charge on any atom is -0.444 e. The van der Waals surface area contributed by atoms with Crippen molar-refractivity contribution in [3.63, 3.8) is 0 Å². The van der Waals surface area contributed by atoms with Crippen molar-refractivity contribution >= 4 is 38.0 Å². The summed E-state index contributed by atoms with van der Waals surface area (Å²) in [6, 6.07) is 2.17. The highest BCUT2D eigenvalue weighted by atomic mass is 79.9. The van der Waals surface area contributed by atoms with Crippen molar-refractivity contribution in [2.45, 2.75) is 51.8 Å². The van der Waals surface area contributed by atoms with Crippen LogP contribution >= 0.6 is 31.9 Å². The van der Waals surface area contributed by atoms with Crippen LogP contribution in [0.15, 0.2) is 9.21 Å². The van der Waals surface area contributed by atoms with E-state index < -0.39 is 5.60 Å². The topological polar surface area (TPSA) is 71.2 Å². The molecule has 0 N–H and O–H groups in total.